The van der Waals surface area contributed by atoms with Gasteiger partial charge in [0.25, 0.3) is 5.91 Å². The normalized spacial score (nSPS) is 10.6. The van der Waals surface area contributed by atoms with Gasteiger partial charge in [-0.3, -0.25) is 15.6 Å². The van der Waals surface area contributed by atoms with E-state index in [9.17, 15) is 4.79 Å². The van der Waals surface area contributed by atoms with Gasteiger partial charge in [0.2, 0.25) is 0 Å². The summed E-state index contributed by atoms with van der Waals surface area (Å²) in [5.41, 5.74) is 7.67. The highest BCUT2D eigenvalue weighted by molar-refractivity contribution is 6.41. The first kappa shape index (κ1) is 17.6. The maximum atomic E-state index is 12.4. The molecule has 1 amide bonds. The number of amides is 1. The molecule has 8 heteroatoms. The van der Waals surface area contributed by atoms with Crippen LogP contribution in [0.2, 0.25) is 15.1 Å². The van der Waals surface area contributed by atoms with Gasteiger partial charge >= 0.3 is 0 Å². The maximum Gasteiger partial charge on any atom is 0.273 e. The van der Waals surface area contributed by atoms with Crippen LogP contribution < -0.4 is 10.9 Å². The van der Waals surface area contributed by atoms with Gasteiger partial charge in [0.05, 0.1) is 38.9 Å². The molecule has 0 bridgehead atoms. The monoisotopic (exact) mass is 394 g/mol. The van der Waals surface area contributed by atoms with E-state index in [2.05, 4.69) is 16.0 Å². The van der Waals surface area contributed by atoms with Crippen LogP contribution in [0, 0.1) is 6.92 Å². The van der Waals surface area contributed by atoms with Gasteiger partial charge in [0, 0.05) is 5.02 Å². The van der Waals surface area contributed by atoms with Crippen molar-refractivity contribution in [2.45, 2.75) is 6.92 Å². The smallest absolute Gasteiger partial charge is 0.273 e. The van der Waals surface area contributed by atoms with E-state index in [-0.39, 0.29) is 5.91 Å². The summed E-state index contributed by atoms with van der Waals surface area (Å²) in [4.78, 5) is 12.4. The average molecular weight is 396 g/mol. The van der Waals surface area contributed by atoms with E-state index in [0.29, 0.717) is 32.0 Å². The molecular formula is C17H13Cl3N4O. The summed E-state index contributed by atoms with van der Waals surface area (Å²) in [5.74, 6) is -0.359. The lowest BCUT2D eigenvalue weighted by Crippen LogP contribution is -2.30. The molecule has 0 aliphatic carbocycles. The molecular weight excluding hydrogens is 383 g/mol. The lowest BCUT2D eigenvalue weighted by Gasteiger charge is -2.12. The number of hydrazine groups is 1. The van der Waals surface area contributed by atoms with Crippen molar-refractivity contribution < 1.29 is 4.79 Å². The van der Waals surface area contributed by atoms with E-state index in [1.54, 1.807) is 4.68 Å². The zero-order chi connectivity index (χ0) is 18.0. The van der Waals surface area contributed by atoms with Crippen LogP contribution in [0.1, 0.15) is 16.1 Å². The molecule has 0 aliphatic rings. The molecule has 0 atom stereocenters. The average Bonchev–Trinajstić information content (AvgIpc) is 2.96. The van der Waals surface area contributed by atoms with Crippen molar-refractivity contribution in [3.63, 3.8) is 0 Å². The molecule has 3 rings (SSSR count). The minimum Gasteiger partial charge on any atom is -0.295 e. The first-order valence-electron chi connectivity index (χ1n) is 7.28. The van der Waals surface area contributed by atoms with Gasteiger partial charge in [-0.05, 0) is 31.2 Å². The van der Waals surface area contributed by atoms with Crippen LogP contribution in [0.5, 0.6) is 0 Å². The summed E-state index contributed by atoms with van der Waals surface area (Å²) < 4.78 is 1.69. The fourth-order valence-corrected chi connectivity index (χ4v) is 3.22. The molecule has 0 fully saturated rings. The molecule has 0 saturated carbocycles. The van der Waals surface area contributed by atoms with Crippen LogP contribution in [-0.4, -0.2) is 15.7 Å². The number of carbonyl (C=O) groups is 1. The Labute approximate surface area is 159 Å². The number of carbonyl (C=O) groups excluding carboxylic acids is 1. The second kappa shape index (κ2) is 7.35. The number of nitrogens with one attached hydrogen (secondary N) is 2. The molecule has 2 aromatic carbocycles. The summed E-state index contributed by atoms with van der Waals surface area (Å²) >= 11 is 18.0. The van der Waals surface area contributed by atoms with Gasteiger partial charge in [0.15, 0.2) is 0 Å². The Morgan fingerprint density at radius 2 is 1.72 bits per heavy atom. The minimum atomic E-state index is -0.359. The largest absolute Gasteiger partial charge is 0.295 e. The zero-order valence-electron chi connectivity index (χ0n) is 13.1. The van der Waals surface area contributed by atoms with Crippen molar-refractivity contribution in [2.24, 2.45) is 0 Å². The summed E-state index contributed by atoms with van der Waals surface area (Å²) in [5, 5.41) is 5.28. The Bertz CT molecular complexity index is 902. The van der Waals surface area contributed by atoms with Gasteiger partial charge in [-0.1, -0.05) is 53.0 Å². The molecule has 0 spiro atoms. The SMILES string of the molecule is Cc1c(C(=O)NNc2c(Cl)cc(Cl)cc2Cl)cnn1-c1ccccc1. The van der Waals surface area contributed by atoms with Crippen LogP contribution in [0.25, 0.3) is 5.69 Å². The van der Waals surface area contributed by atoms with Crippen molar-refractivity contribution in [1.29, 1.82) is 0 Å². The number of rotatable bonds is 4. The minimum absolute atomic E-state index is 0.300. The Balaban J connectivity index is 1.78. The number of halogens is 3. The van der Waals surface area contributed by atoms with E-state index in [1.165, 1.54) is 18.3 Å². The number of para-hydroxylation sites is 1. The van der Waals surface area contributed by atoms with Crippen LogP contribution in [-0.2, 0) is 0 Å². The highest BCUT2D eigenvalue weighted by atomic mass is 35.5. The first-order chi connectivity index (χ1) is 12.0. The van der Waals surface area contributed by atoms with Crippen LogP contribution in [0.15, 0.2) is 48.7 Å². The Morgan fingerprint density at radius 1 is 1.08 bits per heavy atom. The van der Waals surface area contributed by atoms with Crippen molar-refractivity contribution in [2.75, 3.05) is 5.43 Å². The lowest BCUT2D eigenvalue weighted by atomic mass is 10.2. The van der Waals surface area contributed by atoms with Gasteiger partial charge in [-0.25, -0.2) is 4.68 Å². The van der Waals surface area contributed by atoms with Crippen LogP contribution in [0.3, 0.4) is 0 Å². The topological polar surface area (TPSA) is 59.0 Å². The van der Waals surface area contributed by atoms with Gasteiger partial charge in [-0.15, -0.1) is 0 Å². The third kappa shape index (κ3) is 3.74. The second-order valence-electron chi connectivity index (χ2n) is 5.21. The van der Waals surface area contributed by atoms with E-state index < -0.39 is 0 Å². The molecule has 3 aromatic rings. The predicted octanol–water partition coefficient (Wildman–Crippen LogP) is 4.90. The van der Waals surface area contributed by atoms with Crippen LogP contribution >= 0.6 is 34.8 Å². The summed E-state index contributed by atoms with van der Waals surface area (Å²) in [6, 6.07) is 12.6. The number of hydrogen-bond acceptors (Lipinski definition) is 3. The molecule has 25 heavy (non-hydrogen) atoms. The van der Waals surface area contributed by atoms with Gasteiger partial charge in [0.1, 0.15) is 0 Å². The lowest BCUT2D eigenvalue weighted by molar-refractivity contribution is 0.0962. The van der Waals surface area contributed by atoms with Crippen molar-refractivity contribution in [3.05, 3.63) is 75.0 Å². The number of anilines is 1. The summed E-state index contributed by atoms with van der Waals surface area (Å²) in [6.45, 7) is 1.82. The van der Waals surface area contributed by atoms with E-state index in [4.69, 9.17) is 34.8 Å². The molecule has 0 unspecified atom stereocenters. The summed E-state index contributed by atoms with van der Waals surface area (Å²) in [7, 11) is 0. The Morgan fingerprint density at radius 3 is 2.36 bits per heavy atom. The quantitative estimate of drug-likeness (QED) is 0.618. The number of hydrogen-bond donors (Lipinski definition) is 2. The molecule has 5 nitrogen and oxygen atoms in total. The molecule has 128 valence electrons. The highest BCUT2D eigenvalue weighted by Gasteiger charge is 2.16. The molecule has 2 N–H and O–H groups in total. The van der Waals surface area contributed by atoms with Gasteiger partial charge < -0.3 is 0 Å². The van der Waals surface area contributed by atoms with Gasteiger partial charge in [-0.2, -0.15) is 5.10 Å². The van der Waals surface area contributed by atoms with Crippen molar-refractivity contribution >= 4 is 46.4 Å². The highest BCUT2D eigenvalue weighted by Crippen LogP contribution is 2.33. The second-order valence-corrected chi connectivity index (χ2v) is 6.47. The summed E-state index contributed by atoms with van der Waals surface area (Å²) in [6.07, 6.45) is 1.50. The molecule has 1 aromatic heterocycles. The zero-order valence-corrected chi connectivity index (χ0v) is 15.3. The van der Waals surface area contributed by atoms with Crippen LogP contribution in [0.4, 0.5) is 5.69 Å². The molecule has 0 saturated heterocycles. The molecule has 1 heterocycles. The fraction of sp³-hybridized carbons (Fsp3) is 0.0588. The fourth-order valence-electron chi connectivity index (χ4n) is 2.31. The third-order valence-electron chi connectivity index (χ3n) is 3.56. The third-order valence-corrected chi connectivity index (χ3v) is 4.38. The molecule has 0 radical (unpaired) electrons. The first-order valence-corrected chi connectivity index (χ1v) is 8.41. The number of aromatic nitrogens is 2. The van der Waals surface area contributed by atoms with E-state index in [1.807, 2.05) is 37.3 Å². The van der Waals surface area contributed by atoms with Crippen molar-refractivity contribution in [3.8, 4) is 5.69 Å². The Hall–Kier alpha value is -2.21. The standard InChI is InChI=1S/C17H13Cl3N4O/c1-10-13(9-21-24(10)12-5-3-2-4-6-12)17(25)23-22-16-14(19)7-11(18)8-15(16)20/h2-9,22H,1H3,(H,23,25). The van der Waals surface area contributed by atoms with E-state index in [0.717, 1.165) is 5.69 Å². The molecule has 0 aliphatic heterocycles. The predicted molar refractivity (Wildman–Crippen MR) is 101 cm³/mol. The van der Waals surface area contributed by atoms with Crippen molar-refractivity contribution in [1.82, 2.24) is 15.2 Å². The number of nitrogens with zero attached hydrogens (tertiary/aromatic N) is 2. The Kier molecular flexibility index (Phi) is 5.18. The number of benzene rings is 2. The maximum absolute atomic E-state index is 12.4. The van der Waals surface area contributed by atoms with E-state index >= 15 is 0 Å².